The molecule has 0 heterocycles. The topological polar surface area (TPSA) is 76.4 Å². The van der Waals surface area contributed by atoms with E-state index in [1.54, 1.807) is 0 Å². The number of nitriles is 1. The van der Waals surface area contributed by atoms with E-state index in [0.717, 1.165) is 36.8 Å². The van der Waals surface area contributed by atoms with Gasteiger partial charge in [0.15, 0.2) is 0 Å². The first-order valence-electron chi connectivity index (χ1n) is 8.38. The molecule has 2 aliphatic rings. The SMILES string of the molecule is COC(=O)C(C)C1=CCC(C(C)C(=O)OC)C1.N#CC1=CCCC1. The number of carbonyl (C=O) groups excluding carboxylic acids is 2. The maximum atomic E-state index is 11.4. The lowest BCUT2D eigenvalue weighted by Gasteiger charge is -2.18. The second-order valence-corrected chi connectivity index (χ2v) is 6.27. The Labute approximate surface area is 144 Å². The number of carbonyl (C=O) groups is 2. The van der Waals surface area contributed by atoms with Crippen LogP contribution >= 0.6 is 0 Å². The summed E-state index contributed by atoms with van der Waals surface area (Å²) in [6.45, 7) is 3.71. The molecule has 0 aromatic carbocycles. The van der Waals surface area contributed by atoms with E-state index in [9.17, 15) is 9.59 Å². The highest BCUT2D eigenvalue weighted by atomic mass is 16.5. The second-order valence-electron chi connectivity index (χ2n) is 6.27. The van der Waals surface area contributed by atoms with Crippen molar-refractivity contribution in [2.75, 3.05) is 14.2 Å². The van der Waals surface area contributed by atoms with Gasteiger partial charge in [0.25, 0.3) is 0 Å². The molecule has 2 aliphatic carbocycles. The van der Waals surface area contributed by atoms with Crippen LogP contribution in [0.15, 0.2) is 23.3 Å². The van der Waals surface area contributed by atoms with Crippen molar-refractivity contribution in [1.82, 2.24) is 0 Å². The lowest BCUT2D eigenvalue weighted by Crippen LogP contribution is -2.21. The molecule has 0 aromatic rings. The van der Waals surface area contributed by atoms with Crippen LogP contribution in [0.25, 0.3) is 0 Å². The van der Waals surface area contributed by atoms with Crippen LogP contribution in [0.3, 0.4) is 0 Å². The third-order valence-electron chi connectivity index (χ3n) is 4.76. The van der Waals surface area contributed by atoms with Crippen LogP contribution in [0, 0.1) is 29.1 Å². The number of rotatable bonds is 4. The van der Waals surface area contributed by atoms with Gasteiger partial charge in [0.05, 0.1) is 32.1 Å². The van der Waals surface area contributed by atoms with Gasteiger partial charge in [0.2, 0.25) is 0 Å². The van der Waals surface area contributed by atoms with Gasteiger partial charge in [-0.05, 0) is 44.9 Å². The summed E-state index contributed by atoms with van der Waals surface area (Å²) in [4.78, 5) is 22.8. The van der Waals surface area contributed by atoms with Crippen LogP contribution in [0.5, 0.6) is 0 Å². The first-order valence-corrected chi connectivity index (χ1v) is 8.38. The Hall–Kier alpha value is -2.09. The minimum absolute atomic E-state index is 0.126. The van der Waals surface area contributed by atoms with Crippen LogP contribution in [0.2, 0.25) is 0 Å². The third-order valence-corrected chi connectivity index (χ3v) is 4.76. The van der Waals surface area contributed by atoms with E-state index < -0.39 is 0 Å². The van der Waals surface area contributed by atoms with Gasteiger partial charge in [0.1, 0.15) is 0 Å². The van der Waals surface area contributed by atoms with Gasteiger partial charge in [-0.2, -0.15) is 5.26 Å². The Kier molecular flexibility index (Phi) is 8.25. The van der Waals surface area contributed by atoms with Crippen molar-refractivity contribution in [3.05, 3.63) is 23.3 Å². The molecule has 132 valence electrons. The Morgan fingerprint density at radius 2 is 1.88 bits per heavy atom. The predicted molar refractivity (Wildman–Crippen MR) is 90.7 cm³/mol. The number of hydrogen-bond acceptors (Lipinski definition) is 5. The molecule has 0 amide bonds. The summed E-state index contributed by atoms with van der Waals surface area (Å²) >= 11 is 0. The van der Waals surface area contributed by atoms with Gasteiger partial charge < -0.3 is 9.47 Å². The van der Waals surface area contributed by atoms with Crippen LogP contribution < -0.4 is 0 Å². The Morgan fingerprint density at radius 3 is 2.33 bits per heavy atom. The molecular weight excluding hydrogens is 306 g/mol. The van der Waals surface area contributed by atoms with E-state index >= 15 is 0 Å². The molecule has 0 aromatic heterocycles. The molecule has 2 rings (SSSR count). The number of methoxy groups -OCH3 is 2. The molecule has 5 nitrogen and oxygen atoms in total. The summed E-state index contributed by atoms with van der Waals surface area (Å²) in [5, 5.41) is 8.25. The molecule has 3 unspecified atom stereocenters. The molecule has 0 radical (unpaired) electrons. The normalized spacial score (nSPS) is 21.4. The fourth-order valence-electron chi connectivity index (χ4n) is 2.99. The van der Waals surface area contributed by atoms with E-state index in [2.05, 4.69) is 6.07 Å². The van der Waals surface area contributed by atoms with Crippen LogP contribution in [-0.4, -0.2) is 26.2 Å². The molecule has 3 atom stereocenters. The van der Waals surface area contributed by atoms with Crippen molar-refractivity contribution in [3.8, 4) is 6.07 Å². The average Bonchev–Trinajstić information content (AvgIpc) is 3.30. The lowest BCUT2D eigenvalue weighted by atomic mass is 9.89. The Bertz CT molecular complexity index is 556. The summed E-state index contributed by atoms with van der Waals surface area (Å²) in [7, 11) is 2.79. The molecule has 0 aliphatic heterocycles. The van der Waals surface area contributed by atoms with Crippen LogP contribution in [0.1, 0.15) is 46.0 Å². The summed E-state index contributed by atoms with van der Waals surface area (Å²) in [5.41, 5.74) is 2.04. The van der Waals surface area contributed by atoms with Gasteiger partial charge in [0, 0.05) is 5.57 Å². The van der Waals surface area contributed by atoms with Gasteiger partial charge >= 0.3 is 11.9 Å². The fourth-order valence-corrected chi connectivity index (χ4v) is 2.99. The zero-order chi connectivity index (χ0) is 18.1. The molecule has 24 heavy (non-hydrogen) atoms. The highest BCUT2D eigenvalue weighted by Gasteiger charge is 2.31. The fraction of sp³-hybridized carbons (Fsp3) is 0.632. The van der Waals surface area contributed by atoms with Crippen LogP contribution in [0.4, 0.5) is 0 Å². The Balaban J connectivity index is 0.000000341. The maximum absolute atomic E-state index is 11.4. The van der Waals surface area contributed by atoms with Crippen molar-refractivity contribution in [3.63, 3.8) is 0 Å². The molecule has 0 saturated heterocycles. The molecule has 5 heteroatoms. The van der Waals surface area contributed by atoms with Gasteiger partial charge in [-0.3, -0.25) is 9.59 Å². The van der Waals surface area contributed by atoms with Crippen molar-refractivity contribution >= 4 is 11.9 Å². The summed E-state index contributed by atoms with van der Waals surface area (Å²) in [5.74, 6) is -0.504. The number of nitrogens with zero attached hydrogens (tertiary/aromatic N) is 1. The minimum atomic E-state index is -0.220. The van der Waals surface area contributed by atoms with Crippen molar-refractivity contribution in [2.45, 2.75) is 46.0 Å². The summed E-state index contributed by atoms with van der Waals surface area (Å²) in [6, 6.07) is 2.12. The minimum Gasteiger partial charge on any atom is -0.469 e. The van der Waals surface area contributed by atoms with E-state index in [-0.39, 0.29) is 29.7 Å². The van der Waals surface area contributed by atoms with Crippen LogP contribution in [-0.2, 0) is 19.1 Å². The van der Waals surface area contributed by atoms with E-state index in [0.29, 0.717) is 0 Å². The third kappa shape index (κ3) is 5.52. The van der Waals surface area contributed by atoms with E-state index in [1.165, 1.54) is 20.6 Å². The maximum Gasteiger partial charge on any atom is 0.312 e. The number of allylic oxidation sites excluding steroid dienone is 3. The van der Waals surface area contributed by atoms with Crippen molar-refractivity contribution in [1.29, 1.82) is 5.26 Å². The highest BCUT2D eigenvalue weighted by Crippen LogP contribution is 2.35. The zero-order valence-corrected chi connectivity index (χ0v) is 15.0. The van der Waals surface area contributed by atoms with Gasteiger partial charge in [-0.1, -0.05) is 24.6 Å². The molecule has 0 N–H and O–H groups in total. The zero-order valence-electron chi connectivity index (χ0n) is 15.0. The van der Waals surface area contributed by atoms with E-state index in [4.69, 9.17) is 14.7 Å². The standard InChI is InChI=1S/C13H20O4.C6H7N/c1-8(12(14)16-3)10-5-6-11(7-10)9(2)13(15)17-4;7-5-6-3-1-2-4-6/h5,8-9,11H,6-7H2,1-4H3;3H,1-2,4H2. The number of ether oxygens (including phenoxy) is 2. The van der Waals surface area contributed by atoms with Gasteiger partial charge in [-0.15, -0.1) is 0 Å². The van der Waals surface area contributed by atoms with Gasteiger partial charge in [-0.25, -0.2) is 0 Å². The van der Waals surface area contributed by atoms with E-state index in [1.807, 2.05) is 26.0 Å². The monoisotopic (exact) mass is 333 g/mol. The Morgan fingerprint density at radius 1 is 1.21 bits per heavy atom. The average molecular weight is 333 g/mol. The largest absolute Gasteiger partial charge is 0.469 e. The molecule has 0 bridgehead atoms. The molecule has 0 spiro atoms. The molecular formula is C19H27NO4. The number of hydrogen-bond donors (Lipinski definition) is 0. The lowest BCUT2D eigenvalue weighted by molar-refractivity contribution is -0.146. The first kappa shape index (κ1) is 20.0. The second kappa shape index (κ2) is 9.92. The molecule has 0 fully saturated rings. The summed E-state index contributed by atoms with van der Waals surface area (Å²) in [6.07, 6.45) is 8.97. The van der Waals surface area contributed by atoms with Crippen molar-refractivity contribution in [2.24, 2.45) is 17.8 Å². The molecule has 0 saturated carbocycles. The number of esters is 2. The highest BCUT2D eigenvalue weighted by molar-refractivity contribution is 5.76. The predicted octanol–water partition coefficient (Wildman–Crippen LogP) is 3.56. The smallest absolute Gasteiger partial charge is 0.312 e. The first-order chi connectivity index (χ1) is 11.4. The quantitative estimate of drug-likeness (QED) is 0.581. The van der Waals surface area contributed by atoms with Crippen molar-refractivity contribution < 1.29 is 19.1 Å². The summed E-state index contributed by atoms with van der Waals surface area (Å²) < 4.78 is 9.45.